The summed E-state index contributed by atoms with van der Waals surface area (Å²) in [5.74, 6) is 0.146. The van der Waals surface area contributed by atoms with Crippen LogP contribution in [0.2, 0.25) is 0 Å². The molecule has 0 N–H and O–H groups in total. The van der Waals surface area contributed by atoms with Crippen molar-refractivity contribution in [3.63, 3.8) is 0 Å². The van der Waals surface area contributed by atoms with E-state index in [9.17, 15) is 0 Å². The van der Waals surface area contributed by atoms with Gasteiger partial charge < -0.3 is 9.80 Å². The Morgan fingerprint density at radius 2 is 1.39 bits per heavy atom. The Bertz CT molecular complexity index is 2740. The fraction of sp³-hybridized carbons (Fsp3) is 0.132. The van der Waals surface area contributed by atoms with Gasteiger partial charge in [-0.2, -0.15) is 0 Å². The predicted molar refractivity (Wildman–Crippen MR) is 238 cm³/mol. The van der Waals surface area contributed by atoms with Gasteiger partial charge >= 0.3 is 0 Å². The SMILES string of the molecule is CCC1=C(C2=C(C)CCN2c2ccccc2)c2ccccc2C2C=CC=CC2N1c1cc(-c2ccc(-c3ccccc3)cn2)cc(-c2cccc3cccnc23)c1. The van der Waals surface area contributed by atoms with Crippen molar-refractivity contribution in [1.82, 2.24) is 9.97 Å². The molecule has 2 aliphatic heterocycles. The Morgan fingerprint density at radius 1 is 0.632 bits per heavy atom. The topological polar surface area (TPSA) is 32.3 Å². The van der Waals surface area contributed by atoms with Crippen LogP contribution >= 0.6 is 0 Å². The van der Waals surface area contributed by atoms with Gasteiger partial charge in [-0.25, -0.2) is 0 Å². The Morgan fingerprint density at radius 3 is 2.21 bits per heavy atom. The molecule has 1 aliphatic carbocycles. The lowest BCUT2D eigenvalue weighted by atomic mass is 9.83. The summed E-state index contributed by atoms with van der Waals surface area (Å²) in [6.07, 6.45) is 15.1. The smallest absolute Gasteiger partial charge is 0.0780 e. The average molecular weight is 737 g/mol. The summed E-state index contributed by atoms with van der Waals surface area (Å²) in [6, 6.07) is 52.7. The molecule has 10 rings (SSSR count). The standard InChI is InChI=1S/C53H44N4/c1-3-49-51(53-36(2)29-31-56(53)42-20-8-5-9-21-42)47-24-11-10-22-45(47)46-23-12-13-26-50(46)57(49)43-33-40(44-25-14-18-38-19-15-30-54-52(38)44)32-41(34-43)48-28-27-39(35-55-48)37-16-6-4-7-17-37/h4-28,30,32-35,46,50H,3,29,31H2,1-2H3. The molecule has 0 saturated carbocycles. The molecule has 0 radical (unpaired) electrons. The van der Waals surface area contributed by atoms with Crippen molar-refractivity contribution in [3.05, 3.63) is 210 Å². The molecular formula is C53H44N4. The average Bonchev–Trinajstić information content (AvgIpc) is 3.61. The van der Waals surface area contributed by atoms with Crippen LogP contribution in [0.15, 0.2) is 199 Å². The largest absolute Gasteiger partial charge is 0.341 e. The zero-order valence-electron chi connectivity index (χ0n) is 32.4. The molecule has 5 aromatic carbocycles. The second kappa shape index (κ2) is 14.7. The fourth-order valence-corrected chi connectivity index (χ4v) is 9.25. The number of rotatable bonds is 7. The molecule has 7 aromatic rings. The van der Waals surface area contributed by atoms with E-state index < -0.39 is 0 Å². The van der Waals surface area contributed by atoms with Crippen molar-refractivity contribution in [2.24, 2.45) is 0 Å². The van der Waals surface area contributed by atoms with E-state index in [0.29, 0.717) is 0 Å². The molecule has 2 aromatic heterocycles. The third-order valence-corrected chi connectivity index (χ3v) is 11.9. The summed E-state index contributed by atoms with van der Waals surface area (Å²) in [5, 5.41) is 1.12. The number of benzene rings is 5. The second-order valence-electron chi connectivity index (χ2n) is 15.2. The van der Waals surface area contributed by atoms with Gasteiger partial charge in [0, 0.05) is 75.3 Å². The van der Waals surface area contributed by atoms with Crippen LogP contribution in [0.5, 0.6) is 0 Å². The molecule has 3 aliphatic rings. The van der Waals surface area contributed by atoms with E-state index in [1.165, 1.54) is 39.4 Å². The van der Waals surface area contributed by atoms with Crippen LogP contribution in [0.25, 0.3) is 50.0 Å². The number of para-hydroxylation sites is 2. The van der Waals surface area contributed by atoms with E-state index in [4.69, 9.17) is 9.97 Å². The number of nitrogens with zero attached hydrogens (tertiary/aromatic N) is 4. The van der Waals surface area contributed by atoms with Gasteiger partial charge in [-0.15, -0.1) is 0 Å². The van der Waals surface area contributed by atoms with Gasteiger partial charge in [0.15, 0.2) is 0 Å². The van der Waals surface area contributed by atoms with Crippen molar-refractivity contribution >= 4 is 27.9 Å². The molecule has 0 fully saturated rings. The predicted octanol–water partition coefficient (Wildman–Crippen LogP) is 13.0. The number of aromatic nitrogens is 2. The van der Waals surface area contributed by atoms with Crippen molar-refractivity contribution in [2.45, 2.75) is 38.6 Å². The first kappa shape index (κ1) is 34.7. The molecule has 4 heterocycles. The molecule has 0 spiro atoms. The molecule has 4 nitrogen and oxygen atoms in total. The van der Waals surface area contributed by atoms with Crippen molar-refractivity contribution < 1.29 is 0 Å². The highest BCUT2D eigenvalue weighted by molar-refractivity contribution is 5.96. The molecule has 4 heteroatoms. The molecule has 276 valence electrons. The number of pyridine rings is 2. The van der Waals surface area contributed by atoms with E-state index in [2.05, 4.69) is 187 Å². The van der Waals surface area contributed by atoms with E-state index in [-0.39, 0.29) is 12.0 Å². The maximum absolute atomic E-state index is 5.13. The monoisotopic (exact) mass is 736 g/mol. The molecule has 0 amide bonds. The maximum Gasteiger partial charge on any atom is 0.0780 e. The number of hydrogen-bond acceptors (Lipinski definition) is 4. The third-order valence-electron chi connectivity index (χ3n) is 11.9. The van der Waals surface area contributed by atoms with Gasteiger partial charge in [0.2, 0.25) is 0 Å². The Kier molecular flexibility index (Phi) is 8.95. The molecule has 57 heavy (non-hydrogen) atoms. The summed E-state index contributed by atoms with van der Waals surface area (Å²) in [5.41, 5.74) is 17.9. The second-order valence-corrected chi connectivity index (χ2v) is 15.2. The summed E-state index contributed by atoms with van der Waals surface area (Å²) in [4.78, 5) is 15.3. The minimum Gasteiger partial charge on any atom is -0.341 e. The van der Waals surface area contributed by atoms with Gasteiger partial charge in [0.05, 0.1) is 17.3 Å². The van der Waals surface area contributed by atoms with Crippen LogP contribution in [0, 0.1) is 0 Å². The Balaban J connectivity index is 1.24. The van der Waals surface area contributed by atoms with Crippen LogP contribution in [0.1, 0.15) is 43.7 Å². The number of hydrogen-bond donors (Lipinski definition) is 0. The number of anilines is 2. The van der Waals surface area contributed by atoms with Gasteiger partial charge in [-0.3, -0.25) is 9.97 Å². The van der Waals surface area contributed by atoms with E-state index in [0.717, 1.165) is 69.5 Å². The van der Waals surface area contributed by atoms with E-state index in [1.807, 2.05) is 18.5 Å². The third kappa shape index (κ3) is 6.18. The first-order valence-corrected chi connectivity index (χ1v) is 20.2. The Hall–Kier alpha value is -6.78. The molecular weight excluding hydrogens is 693 g/mol. The summed E-state index contributed by atoms with van der Waals surface area (Å²) in [7, 11) is 0. The zero-order chi connectivity index (χ0) is 38.3. The van der Waals surface area contributed by atoms with Crippen molar-refractivity contribution in [3.8, 4) is 33.5 Å². The minimum absolute atomic E-state index is 0.0539. The lowest BCUT2D eigenvalue weighted by Gasteiger charge is -2.38. The molecule has 0 bridgehead atoms. The van der Waals surface area contributed by atoms with Crippen LogP contribution < -0.4 is 9.80 Å². The molecule has 2 unspecified atom stereocenters. The van der Waals surface area contributed by atoms with E-state index in [1.54, 1.807) is 0 Å². The first-order valence-electron chi connectivity index (χ1n) is 20.2. The maximum atomic E-state index is 5.13. The summed E-state index contributed by atoms with van der Waals surface area (Å²) >= 11 is 0. The lowest BCUT2D eigenvalue weighted by Crippen LogP contribution is -2.37. The van der Waals surface area contributed by atoms with Crippen LogP contribution in [-0.2, 0) is 0 Å². The molecule has 2 atom stereocenters. The van der Waals surface area contributed by atoms with Crippen LogP contribution in [0.3, 0.4) is 0 Å². The van der Waals surface area contributed by atoms with Gasteiger partial charge in [0.25, 0.3) is 0 Å². The summed E-state index contributed by atoms with van der Waals surface area (Å²) in [6.45, 7) is 5.62. The van der Waals surface area contributed by atoms with Gasteiger partial charge in [0.1, 0.15) is 0 Å². The van der Waals surface area contributed by atoms with Gasteiger partial charge in [-0.05, 0) is 90.1 Å². The number of fused-ring (bicyclic) bond motifs is 4. The van der Waals surface area contributed by atoms with Crippen molar-refractivity contribution in [2.75, 3.05) is 16.3 Å². The normalized spacial score (nSPS) is 17.6. The lowest BCUT2D eigenvalue weighted by molar-refractivity contribution is 0.666. The van der Waals surface area contributed by atoms with Crippen LogP contribution in [0.4, 0.5) is 11.4 Å². The first-order chi connectivity index (χ1) is 28.2. The fourth-order valence-electron chi connectivity index (χ4n) is 9.25. The highest BCUT2D eigenvalue weighted by Crippen LogP contribution is 2.50. The highest BCUT2D eigenvalue weighted by atomic mass is 15.2. The zero-order valence-corrected chi connectivity index (χ0v) is 32.4. The van der Waals surface area contributed by atoms with Crippen LogP contribution in [-0.4, -0.2) is 22.6 Å². The summed E-state index contributed by atoms with van der Waals surface area (Å²) < 4.78 is 0. The van der Waals surface area contributed by atoms with Gasteiger partial charge in [-0.1, -0.05) is 134 Å². The highest BCUT2D eigenvalue weighted by Gasteiger charge is 2.39. The Labute approximate surface area is 335 Å². The quantitative estimate of drug-likeness (QED) is 0.163. The molecule has 0 saturated heterocycles. The minimum atomic E-state index is 0.0539. The number of allylic oxidation sites excluding steroid dienone is 4. The van der Waals surface area contributed by atoms with E-state index >= 15 is 0 Å². The van der Waals surface area contributed by atoms with Crippen molar-refractivity contribution in [1.29, 1.82) is 0 Å².